The van der Waals surface area contributed by atoms with Crippen molar-refractivity contribution in [3.63, 3.8) is 0 Å². The molecule has 0 radical (unpaired) electrons. The molecule has 1 atom stereocenters. The van der Waals surface area contributed by atoms with Gasteiger partial charge in [-0.3, -0.25) is 4.79 Å². The second kappa shape index (κ2) is 11.0. The summed E-state index contributed by atoms with van der Waals surface area (Å²) in [4.78, 5) is 27.5. The zero-order valence-corrected chi connectivity index (χ0v) is 17.8. The van der Waals surface area contributed by atoms with Gasteiger partial charge in [-0.25, -0.2) is 4.79 Å². The first-order chi connectivity index (χ1) is 15.0. The van der Waals surface area contributed by atoms with Gasteiger partial charge in [0, 0.05) is 19.3 Å². The van der Waals surface area contributed by atoms with Gasteiger partial charge in [-0.15, -0.1) is 0 Å². The van der Waals surface area contributed by atoms with Gasteiger partial charge in [-0.05, 0) is 37.6 Å². The molecule has 1 aromatic heterocycles. The number of aromatic amines is 1. The maximum absolute atomic E-state index is 12.7. The number of aliphatic hydroxyl groups excluding tert-OH is 1. The number of halogens is 3. The molecule has 0 fully saturated rings. The van der Waals surface area contributed by atoms with Crippen LogP contribution >= 0.6 is 0 Å². The SMILES string of the molecule is COCCOC(=O)c1c(C)[nH]c(C(=O)NCC(O)COc2cccc(C(F)(F)F)c2)c1C. The highest BCUT2D eigenvalue weighted by Crippen LogP contribution is 2.31. The Balaban J connectivity index is 1.91. The van der Waals surface area contributed by atoms with Crippen molar-refractivity contribution >= 4 is 11.9 Å². The van der Waals surface area contributed by atoms with Gasteiger partial charge in [0.1, 0.15) is 30.8 Å². The molecule has 0 bridgehead atoms. The summed E-state index contributed by atoms with van der Waals surface area (Å²) in [6, 6.07) is 4.26. The van der Waals surface area contributed by atoms with Crippen LogP contribution in [0.4, 0.5) is 13.2 Å². The van der Waals surface area contributed by atoms with Gasteiger partial charge >= 0.3 is 12.1 Å². The summed E-state index contributed by atoms with van der Waals surface area (Å²) in [6.07, 6.45) is -5.68. The van der Waals surface area contributed by atoms with Gasteiger partial charge in [0.05, 0.1) is 17.7 Å². The van der Waals surface area contributed by atoms with Crippen molar-refractivity contribution in [1.82, 2.24) is 10.3 Å². The molecule has 11 heteroatoms. The minimum absolute atomic E-state index is 0.0577. The van der Waals surface area contributed by atoms with Crippen molar-refractivity contribution in [2.75, 3.05) is 33.5 Å². The number of amides is 1. The van der Waals surface area contributed by atoms with Crippen LogP contribution in [0, 0.1) is 13.8 Å². The number of H-pyrrole nitrogens is 1. The Hall–Kier alpha value is -3.05. The van der Waals surface area contributed by atoms with Crippen LogP contribution in [0.2, 0.25) is 0 Å². The average molecular weight is 458 g/mol. The van der Waals surface area contributed by atoms with Crippen LogP contribution in [0.1, 0.15) is 37.7 Å². The monoisotopic (exact) mass is 458 g/mol. The van der Waals surface area contributed by atoms with Gasteiger partial charge in [-0.1, -0.05) is 6.07 Å². The molecule has 0 aliphatic rings. The first-order valence-electron chi connectivity index (χ1n) is 9.66. The molecule has 2 rings (SSSR count). The normalized spacial score (nSPS) is 12.3. The van der Waals surface area contributed by atoms with Crippen molar-refractivity contribution in [2.24, 2.45) is 0 Å². The van der Waals surface area contributed by atoms with Gasteiger partial charge in [0.15, 0.2) is 0 Å². The molecule has 2 aromatic rings. The van der Waals surface area contributed by atoms with Crippen molar-refractivity contribution in [1.29, 1.82) is 0 Å². The fraction of sp³-hybridized carbons (Fsp3) is 0.429. The van der Waals surface area contributed by atoms with Crippen molar-refractivity contribution in [3.8, 4) is 5.75 Å². The second-order valence-electron chi connectivity index (χ2n) is 6.95. The maximum atomic E-state index is 12.7. The summed E-state index contributed by atoms with van der Waals surface area (Å²) in [5, 5.41) is 12.5. The average Bonchev–Trinajstić information content (AvgIpc) is 3.04. The Morgan fingerprint density at radius 3 is 2.59 bits per heavy atom. The fourth-order valence-corrected chi connectivity index (χ4v) is 2.89. The molecule has 32 heavy (non-hydrogen) atoms. The number of methoxy groups -OCH3 is 1. The maximum Gasteiger partial charge on any atom is 0.416 e. The zero-order valence-electron chi connectivity index (χ0n) is 17.8. The summed E-state index contributed by atoms with van der Waals surface area (Å²) in [5.74, 6) is -1.22. The molecule has 8 nitrogen and oxygen atoms in total. The number of carbonyl (C=O) groups excluding carboxylic acids is 2. The quantitative estimate of drug-likeness (QED) is 0.373. The number of rotatable bonds is 10. The smallest absolute Gasteiger partial charge is 0.416 e. The lowest BCUT2D eigenvalue weighted by Gasteiger charge is -2.14. The second-order valence-corrected chi connectivity index (χ2v) is 6.95. The molecule has 176 valence electrons. The Labute approximate surface area is 182 Å². The molecular weight excluding hydrogens is 433 g/mol. The number of aromatic nitrogens is 1. The highest BCUT2D eigenvalue weighted by molar-refractivity contribution is 6.00. The van der Waals surface area contributed by atoms with E-state index in [1.165, 1.54) is 19.2 Å². The molecular formula is C21H25F3N2O6. The van der Waals surface area contributed by atoms with Crippen LogP contribution in [-0.2, 0) is 15.7 Å². The van der Waals surface area contributed by atoms with Crippen LogP contribution in [0.3, 0.4) is 0 Å². The van der Waals surface area contributed by atoms with Crippen molar-refractivity contribution in [3.05, 3.63) is 52.3 Å². The molecule has 1 amide bonds. The van der Waals surface area contributed by atoms with Crippen molar-refractivity contribution < 1.29 is 42.1 Å². The summed E-state index contributed by atoms with van der Waals surface area (Å²) >= 11 is 0. The molecule has 0 spiro atoms. The fourth-order valence-electron chi connectivity index (χ4n) is 2.89. The zero-order chi connectivity index (χ0) is 23.9. The molecule has 1 heterocycles. The lowest BCUT2D eigenvalue weighted by atomic mass is 10.1. The first kappa shape index (κ1) is 25.2. The van der Waals surface area contributed by atoms with E-state index in [9.17, 15) is 27.9 Å². The topological polar surface area (TPSA) is 110 Å². The molecule has 0 aliphatic heterocycles. The summed E-state index contributed by atoms with van der Waals surface area (Å²) in [5.41, 5.74) is 0.333. The lowest BCUT2D eigenvalue weighted by molar-refractivity contribution is -0.137. The van der Waals surface area contributed by atoms with E-state index in [0.29, 0.717) is 11.3 Å². The van der Waals surface area contributed by atoms with E-state index in [-0.39, 0.29) is 43.4 Å². The third-order valence-corrected chi connectivity index (χ3v) is 4.49. The van der Waals surface area contributed by atoms with Crippen LogP contribution in [-0.4, -0.2) is 61.5 Å². The Bertz CT molecular complexity index is 942. The van der Waals surface area contributed by atoms with Crippen molar-refractivity contribution in [2.45, 2.75) is 26.1 Å². The van der Waals surface area contributed by atoms with Gasteiger partial charge in [-0.2, -0.15) is 13.2 Å². The Morgan fingerprint density at radius 2 is 1.94 bits per heavy atom. The highest BCUT2D eigenvalue weighted by atomic mass is 19.4. The molecule has 0 saturated carbocycles. The minimum Gasteiger partial charge on any atom is -0.491 e. The van der Waals surface area contributed by atoms with E-state index < -0.39 is 29.7 Å². The van der Waals surface area contributed by atoms with E-state index in [1.54, 1.807) is 13.8 Å². The Morgan fingerprint density at radius 1 is 1.22 bits per heavy atom. The third kappa shape index (κ3) is 6.72. The standard InChI is InChI=1S/C21H25F3N2O6/c1-12-17(20(29)31-8-7-30-3)13(2)26-18(12)19(28)25-10-15(27)11-32-16-6-4-5-14(9-16)21(22,23)24/h4-6,9,15,26-27H,7-8,10-11H2,1-3H3,(H,25,28). The molecule has 0 aliphatic carbocycles. The minimum atomic E-state index is -4.51. The molecule has 0 saturated heterocycles. The first-order valence-corrected chi connectivity index (χ1v) is 9.66. The summed E-state index contributed by atoms with van der Waals surface area (Å²) in [7, 11) is 1.47. The number of alkyl halides is 3. The van der Waals surface area contributed by atoms with Gasteiger partial charge < -0.3 is 29.6 Å². The van der Waals surface area contributed by atoms with E-state index in [0.717, 1.165) is 12.1 Å². The summed E-state index contributed by atoms with van der Waals surface area (Å²) in [6.45, 7) is 2.96. The molecule has 3 N–H and O–H groups in total. The Kier molecular flexibility index (Phi) is 8.67. The number of ether oxygens (including phenoxy) is 3. The van der Waals surface area contributed by atoms with E-state index >= 15 is 0 Å². The van der Waals surface area contributed by atoms with Crippen LogP contribution in [0.15, 0.2) is 24.3 Å². The largest absolute Gasteiger partial charge is 0.491 e. The number of hydrogen-bond donors (Lipinski definition) is 3. The molecule has 1 unspecified atom stereocenters. The molecule has 1 aromatic carbocycles. The van der Waals surface area contributed by atoms with Gasteiger partial charge in [0.2, 0.25) is 0 Å². The van der Waals surface area contributed by atoms with Crippen LogP contribution < -0.4 is 10.1 Å². The van der Waals surface area contributed by atoms with E-state index in [1.807, 2.05) is 0 Å². The lowest BCUT2D eigenvalue weighted by Crippen LogP contribution is -2.35. The number of benzene rings is 1. The van der Waals surface area contributed by atoms with Crippen LogP contribution in [0.5, 0.6) is 5.75 Å². The number of aliphatic hydroxyl groups is 1. The summed E-state index contributed by atoms with van der Waals surface area (Å²) < 4.78 is 53.3. The number of esters is 1. The predicted molar refractivity (Wildman–Crippen MR) is 108 cm³/mol. The highest BCUT2D eigenvalue weighted by Gasteiger charge is 2.30. The predicted octanol–water partition coefficient (Wildman–Crippen LogP) is 2.62. The number of aryl methyl sites for hydroxylation is 1. The van der Waals surface area contributed by atoms with E-state index in [2.05, 4.69) is 10.3 Å². The third-order valence-electron chi connectivity index (χ3n) is 4.49. The number of nitrogens with one attached hydrogen (secondary N) is 2. The number of carbonyl (C=O) groups is 2. The van der Waals surface area contributed by atoms with Gasteiger partial charge in [0.25, 0.3) is 5.91 Å². The number of hydrogen-bond acceptors (Lipinski definition) is 6. The van der Waals surface area contributed by atoms with E-state index in [4.69, 9.17) is 14.2 Å². The van der Waals surface area contributed by atoms with Crippen LogP contribution in [0.25, 0.3) is 0 Å².